The van der Waals surface area contributed by atoms with Gasteiger partial charge in [0.05, 0.1) is 30.0 Å². The molecular weight excluding hydrogens is 494 g/mol. The quantitative estimate of drug-likeness (QED) is 0.222. The van der Waals surface area contributed by atoms with Crippen molar-refractivity contribution < 1.29 is 19.5 Å². The van der Waals surface area contributed by atoms with E-state index in [1.807, 2.05) is 42.2 Å². The Labute approximate surface area is 221 Å². The molecule has 0 radical (unpaired) electrons. The van der Waals surface area contributed by atoms with E-state index in [9.17, 15) is 9.90 Å². The van der Waals surface area contributed by atoms with Crippen molar-refractivity contribution in [2.45, 2.75) is 35.9 Å². The van der Waals surface area contributed by atoms with Gasteiger partial charge in [-0.2, -0.15) is 5.48 Å². The van der Waals surface area contributed by atoms with Gasteiger partial charge < -0.3 is 19.6 Å². The average molecular weight is 530 g/mol. The molecule has 4 rings (SSSR count). The highest BCUT2D eigenvalue weighted by molar-refractivity contribution is 8.01. The van der Waals surface area contributed by atoms with E-state index in [2.05, 4.69) is 32.9 Å². The van der Waals surface area contributed by atoms with E-state index in [-0.39, 0.29) is 18.4 Å². The van der Waals surface area contributed by atoms with E-state index in [1.165, 1.54) is 4.21 Å². The zero-order chi connectivity index (χ0) is 25.3. The summed E-state index contributed by atoms with van der Waals surface area (Å²) in [4.78, 5) is 24.0. The molecule has 1 unspecified atom stereocenters. The Kier molecular flexibility index (Phi) is 10.0. The molecule has 2 aromatic heterocycles. The number of hydroxylamine groups is 1. The third-order valence-electron chi connectivity index (χ3n) is 7.00. The number of rotatable bonds is 13. The molecule has 1 fully saturated rings. The molecule has 36 heavy (non-hydrogen) atoms. The maximum Gasteiger partial charge on any atom is 0.303 e. The Bertz CT molecular complexity index is 1110. The van der Waals surface area contributed by atoms with Gasteiger partial charge in [-0.3, -0.25) is 9.78 Å². The van der Waals surface area contributed by atoms with Gasteiger partial charge in [-0.15, -0.1) is 23.1 Å². The third kappa shape index (κ3) is 7.20. The van der Waals surface area contributed by atoms with Crippen molar-refractivity contribution in [3.05, 3.63) is 53.5 Å². The van der Waals surface area contributed by atoms with Crippen molar-refractivity contribution in [2.75, 3.05) is 39.6 Å². The zero-order valence-electron chi connectivity index (χ0n) is 20.9. The van der Waals surface area contributed by atoms with Crippen molar-refractivity contribution in [1.82, 2.24) is 15.4 Å². The summed E-state index contributed by atoms with van der Waals surface area (Å²) in [6.07, 6.45) is 4.85. The molecule has 0 spiro atoms. The van der Waals surface area contributed by atoms with Crippen LogP contribution in [-0.4, -0.2) is 60.6 Å². The van der Waals surface area contributed by atoms with E-state index < -0.39 is 5.97 Å². The fourth-order valence-corrected chi connectivity index (χ4v) is 7.06. The number of hydrogen-bond donors (Lipinski definition) is 2. The van der Waals surface area contributed by atoms with Crippen molar-refractivity contribution in [3.8, 4) is 5.75 Å². The van der Waals surface area contributed by atoms with Gasteiger partial charge in [-0.1, -0.05) is 6.07 Å². The number of likely N-dealkylation sites (tertiary alicyclic amines) is 1. The van der Waals surface area contributed by atoms with Crippen LogP contribution in [-0.2, 0) is 9.63 Å². The van der Waals surface area contributed by atoms with Crippen LogP contribution in [0.4, 0.5) is 0 Å². The monoisotopic (exact) mass is 529 g/mol. The average Bonchev–Trinajstić information content (AvgIpc) is 3.40. The van der Waals surface area contributed by atoms with Gasteiger partial charge in [0.15, 0.2) is 0 Å². The van der Waals surface area contributed by atoms with Gasteiger partial charge in [0, 0.05) is 36.8 Å². The number of carbonyl (C=O) groups is 1. The molecule has 3 atom stereocenters. The molecule has 1 aromatic carbocycles. The van der Waals surface area contributed by atoms with Crippen LogP contribution in [0.2, 0.25) is 0 Å². The number of aliphatic carboxylic acids is 1. The number of fused-ring (bicyclic) bond motifs is 1. The molecule has 1 saturated heterocycles. The normalized spacial score (nSPS) is 19.4. The second-order valence-electron chi connectivity index (χ2n) is 9.22. The smallest absolute Gasteiger partial charge is 0.303 e. The Balaban J connectivity index is 1.41. The lowest BCUT2D eigenvalue weighted by Crippen LogP contribution is -2.42. The van der Waals surface area contributed by atoms with Crippen molar-refractivity contribution in [2.24, 2.45) is 11.8 Å². The number of carboxylic acids is 1. The molecule has 0 amide bonds. The molecular formula is C27H35N3O4S2. The maximum atomic E-state index is 11.7. The Morgan fingerprint density at radius 3 is 2.94 bits per heavy atom. The number of thioether (sulfide) groups is 1. The van der Waals surface area contributed by atoms with Gasteiger partial charge in [0.25, 0.3) is 0 Å². The van der Waals surface area contributed by atoms with Crippen LogP contribution in [0, 0.1) is 11.8 Å². The highest BCUT2D eigenvalue weighted by Gasteiger charge is 2.31. The summed E-state index contributed by atoms with van der Waals surface area (Å²) in [5.41, 5.74) is 5.20. The number of nitrogens with one attached hydrogen (secondary N) is 1. The lowest BCUT2D eigenvalue weighted by molar-refractivity contribution is -0.139. The predicted octanol–water partition coefficient (Wildman–Crippen LogP) is 5.48. The van der Waals surface area contributed by atoms with Crippen LogP contribution in [0.5, 0.6) is 5.75 Å². The molecule has 0 saturated carbocycles. The first-order valence-electron chi connectivity index (χ1n) is 12.4. The van der Waals surface area contributed by atoms with Crippen LogP contribution in [0.3, 0.4) is 0 Å². The first kappa shape index (κ1) is 26.9. The number of thiophene rings is 1. The van der Waals surface area contributed by atoms with Crippen LogP contribution in [0.15, 0.2) is 52.2 Å². The SMILES string of the molecule is CONC(CC[C@@H]1CCN(CCSc2cccs2)C[C@@H]1CC(=O)O)c1ccnc2ccc(OC)cc12. The van der Waals surface area contributed by atoms with Crippen LogP contribution < -0.4 is 10.2 Å². The fraction of sp³-hybridized carbons (Fsp3) is 0.481. The van der Waals surface area contributed by atoms with Crippen LogP contribution in [0.25, 0.3) is 10.9 Å². The molecule has 3 heterocycles. The van der Waals surface area contributed by atoms with Crippen molar-refractivity contribution in [1.29, 1.82) is 0 Å². The summed E-state index contributed by atoms with van der Waals surface area (Å²) in [5.74, 6) is 1.63. The molecule has 1 aliphatic rings. The standard InChI is InChI=1S/C27H35N3O4S2/c1-33-21-6-8-24-23(17-21)22(9-11-28-24)25(29-34-2)7-5-19-10-12-30(18-20(19)16-26(31)32)13-15-36-27-4-3-14-35-27/h3-4,6,8-9,11,14,17,19-20,25,29H,5,7,10,12-13,15-16,18H2,1-2H3,(H,31,32)/t19-,20+,25?/m1/s1. The number of aromatic nitrogens is 1. The highest BCUT2D eigenvalue weighted by Crippen LogP contribution is 2.35. The zero-order valence-corrected chi connectivity index (χ0v) is 22.5. The molecule has 2 N–H and O–H groups in total. The second kappa shape index (κ2) is 13.4. The summed E-state index contributed by atoms with van der Waals surface area (Å²) < 4.78 is 6.78. The molecule has 9 heteroatoms. The largest absolute Gasteiger partial charge is 0.497 e. The van der Waals surface area contributed by atoms with Gasteiger partial charge in [-0.05, 0) is 78.9 Å². The molecule has 194 valence electrons. The topological polar surface area (TPSA) is 83.9 Å². The molecule has 7 nitrogen and oxygen atoms in total. The number of benzene rings is 1. The summed E-state index contributed by atoms with van der Waals surface area (Å²) in [6, 6.07) is 12.1. The van der Waals surface area contributed by atoms with E-state index in [1.54, 1.807) is 25.6 Å². The van der Waals surface area contributed by atoms with Gasteiger partial charge in [0.2, 0.25) is 0 Å². The van der Waals surface area contributed by atoms with E-state index in [0.717, 1.165) is 66.9 Å². The number of pyridine rings is 1. The number of nitrogens with zero attached hydrogens (tertiary/aromatic N) is 2. The minimum absolute atomic E-state index is 0.0293. The van der Waals surface area contributed by atoms with Crippen LogP contribution >= 0.6 is 23.1 Å². The first-order valence-corrected chi connectivity index (χ1v) is 14.3. The minimum Gasteiger partial charge on any atom is -0.497 e. The van der Waals surface area contributed by atoms with E-state index >= 15 is 0 Å². The summed E-state index contributed by atoms with van der Waals surface area (Å²) in [7, 11) is 3.30. The number of carboxylic acid groups (broad SMARTS) is 1. The molecule has 0 aliphatic carbocycles. The summed E-state index contributed by atoms with van der Waals surface area (Å²) >= 11 is 3.65. The number of methoxy groups -OCH3 is 1. The Hall–Kier alpha value is -2.17. The van der Waals surface area contributed by atoms with Crippen molar-refractivity contribution in [3.63, 3.8) is 0 Å². The molecule has 3 aromatic rings. The van der Waals surface area contributed by atoms with E-state index in [4.69, 9.17) is 9.57 Å². The first-order chi connectivity index (χ1) is 17.6. The highest BCUT2D eigenvalue weighted by atomic mass is 32.2. The predicted molar refractivity (Wildman–Crippen MR) is 146 cm³/mol. The minimum atomic E-state index is -0.710. The van der Waals surface area contributed by atoms with Crippen LogP contribution in [0.1, 0.15) is 37.3 Å². The lowest BCUT2D eigenvalue weighted by atomic mass is 9.79. The van der Waals surface area contributed by atoms with Gasteiger partial charge >= 0.3 is 5.97 Å². The summed E-state index contributed by atoms with van der Waals surface area (Å²) in [5, 5.41) is 12.7. The molecule has 1 aliphatic heterocycles. The van der Waals surface area contributed by atoms with E-state index in [0.29, 0.717) is 5.92 Å². The maximum absolute atomic E-state index is 11.7. The van der Waals surface area contributed by atoms with Gasteiger partial charge in [0.1, 0.15) is 5.75 Å². The van der Waals surface area contributed by atoms with Crippen molar-refractivity contribution >= 4 is 40.0 Å². The third-order valence-corrected chi connectivity index (χ3v) is 9.11. The van der Waals surface area contributed by atoms with Gasteiger partial charge in [-0.25, -0.2) is 0 Å². The second-order valence-corrected chi connectivity index (χ2v) is 11.6. The summed E-state index contributed by atoms with van der Waals surface area (Å²) in [6.45, 7) is 2.85. The Morgan fingerprint density at radius 1 is 1.31 bits per heavy atom. The lowest BCUT2D eigenvalue weighted by Gasteiger charge is -2.38. The molecule has 0 bridgehead atoms. The number of hydrogen-bond acceptors (Lipinski definition) is 8. The fourth-order valence-electron chi connectivity index (χ4n) is 5.19. The number of piperidine rings is 1. The number of ether oxygens (including phenoxy) is 1. The Morgan fingerprint density at radius 2 is 2.19 bits per heavy atom.